The highest BCUT2D eigenvalue weighted by molar-refractivity contribution is 7.17. The molecule has 2 aromatic carbocycles. The van der Waals surface area contributed by atoms with E-state index >= 15 is 0 Å². The second-order valence-corrected chi connectivity index (χ2v) is 9.78. The van der Waals surface area contributed by atoms with Gasteiger partial charge >= 0.3 is 6.09 Å². The summed E-state index contributed by atoms with van der Waals surface area (Å²) in [5.74, 6) is 0.715. The van der Waals surface area contributed by atoms with Crippen LogP contribution in [0.25, 0.3) is 32.1 Å². The molecule has 1 amide bonds. The summed E-state index contributed by atoms with van der Waals surface area (Å²) < 4.78 is 12.0. The molecule has 172 valence electrons. The van der Waals surface area contributed by atoms with Crippen molar-refractivity contribution in [3.8, 4) is 16.9 Å². The van der Waals surface area contributed by atoms with E-state index in [2.05, 4.69) is 4.98 Å². The third-order valence-electron chi connectivity index (χ3n) is 5.30. The monoisotopic (exact) mass is 464 g/mol. The maximum atomic E-state index is 12.8. The molecule has 0 aliphatic carbocycles. The molecule has 0 spiro atoms. The fraction of sp³-hybridized carbons (Fsp3) is 0.308. The number of nitrogens with zero attached hydrogens (tertiary/aromatic N) is 1. The molecule has 0 saturated heterocycles. The number of H-pyrrole nitrogens is 1. The number of aromatic amines is 1. The second kappa shape index (κ2) is 8.90. The van der Waals surface area contributed by atoms with Gasteiger partial charge in [0.1, 0.15) is 16.1 Å². The van der Waals surface area contributed by atoms with Crippen molar-refractivity contribution in [2.24, 2.45) is 0 Å². The van der Waals surface area contributed by atoms with Crippen LogP contribution < -0.4 is 15.2 Å². The number of anilines is 1. The number of hydrogen-bond donors (Lipinski definition) is 1. The van der Waals surface area contributed by atoms with E-state index in [-0.39, 0.29) is 11.7 Å². The third-order valence-corrected chi connectivity index (χ3v) is 6.22. The maximum Gasteiger partial charge on any atom is 0.414 e. The number of carbonyl (C=O) groups excluding carboxylic acids is 1. The summed E-state index contributed by atoms with van der Waals surface area (Å²) in [6.45, 7) is 8.17. The predicted octanol–water partition coefficient (Wildman–Crippen LogP) is 6.57. The molecule has 2 aromatic heterocycles. The second-order valence-electron chi connectivity index (χ2n) is 8.86. The summed E-state index contributed by atoms with van der Waals surface area (Å²) in [7, 11) is 1.64. The highest BCUT2D eigenvalue weighted by Crippen LogP contribution is 2.40. The summed E-state index contributed by atoms with van der Waals surface area (Å²) in [5.41, 5.74) is 2.70. The van der Waals surface area contributed by atoms with Gasteiger partial charge in [0.2, 0.25) is 0 Å². The topological polar surface area (TPSA) is 71.6 Å². The summed E-state index contributed by atoms with van der Waals surface area (Å²) >= 11 is 1.42. The van der Waals surface area contributed by atoms with Crippen molar-refractivity contribution in [3.05, 3.63) is 58.2 Å². The lowest BCUT2D eigenvalue weighted by Crippen LogP contribution is -2.37. The van der Waals surface area contributed by atoms with Gasteiger partial charge in [0.05, 0.1) is 7.11 Å². The van der Waals surface area contributed by atoms with Gasteiger partial charge in [-0.05, 0) is 68.5 Å². The van der Waals surface area contributed by atoms with Gasteiger partial charge in [-0.2, -0.15) is 0 Å². The molecule has 4 aromatic rings. The lowest BCUT2D eigenvalue weighted by Gasteiger charge is -2.27. The van der Waals surface area contributed by atoms with E-state index in [0.29, 0.717) is 17.0 Å². The molecule has 4 rings (SSSR count). The fourth-order valence-electron chi connectivity index (χ4n) is 3.96. The van der Waals surface area contributed by atoms with Gasteiger partial charge < -0.3 is 14.5 Å². The van der Waals surface area contributed by atoms with Crippen molar-refractivity contribution in [3.63, 3.8) is 0 Å². The Morgan fingerprint density at radius 3 is 2.45 bits per heavy atom. The highest BCUT2D eigenvalue weighted by Gasteiger charge is 2.23. The number of amides is 1. The Bertz CT molecular complexity index is 1360. The van der Waals surface area contributed by atoms with E-state index in [1.807, 2.05) is 75.5 Å². The van der Waals surface area contributed by atoms with Gasteiger partial charge in [0.25, 0.3) is 5.56 Å². The molecule has 0 bridgehead atoms. The first-order chi connectivity index (χ1) is 15.7. The molecule has 0 aliphatic heterocycles. The minimum atomic E-state index is -0.567. The first-order valence-corrected chi connectivity index (χ1v) is 11.8. The number of fused-ring (bicyclic) bond motifs is 3. The largest absolute Gasteiger partial charge is 0.496 e. The normalized spacial score (nSPS) is 11.7. The lowest BCUT2D eigenvalue weighted by atomic mass is 9.97. The minimum absolute atomic E-state index is 0.0912. The van der Waals surface area contributed by atoms with Gasteiger partial charge in [-0.15, -0.1) is 11.3 Å². The highest BCUT2D eigenvalue weighted by atomic mass is 32.1. The molecule has 0 radical (unpaired) electrons. The molecular weight excluding hydrogens is 436 g/mol. The van der Waals surface area contributed by atoms with Gasteiger partial charge in [-0.1, -0.05) is 19.1 Å². The molecule has 1 N–H and O–H groups in total. The average molecular weight is 465 g/mol. The first-order valence-electron chi connectivity index (χ1n) is 10.9. The number of hydrogen-bond acceptors (Lipinski definition) is 5. The van der Waals surface area contributed by atoms with Crippen LogP contribution in [0.5, 0.6) is 5.75 Å². The number of methoxy groups -OCH3 is 1. The number of aromatic nitrogens is 1. The van der Waals surface area contributed by atoms with E-state index in [1.165, 1.54) is 11.3 Å². The summed E-state index contributed by atoms with van der Waals surface area (Å²) in [6.07, 6.45) is 0.444. The van der Waals surface area contributed by atoms with E-state index in [9.17, 15) is 9.59 Å². The number of ether oxygens (including phenoxy) is 2. The number of thiophene rings is 1. The molecular formula is C26H28N2O4S. The molecule has 33 heavy (non-hydrogen) atoms. The van der Waals surface area contributed by atoms with Crippen molar-refractivity contribution >= 4 is 44.1 Å². The van der Waals surface area contributed by atoms with Gasteiger partial charge in [0, 0.05) is 34.1 Å². The molecule has 6 nitrogen and oxygen atoms in total. The maximum absolute atomic E-state index is 12.8. The average Bonchev–Trinajstić information content (AvgIpc) is 3.26. The summed E-state index contributed by atoms with van der Waals surface area (Å²) in [6, 6.07) is 13.5. The SMILES string of the molecule is CCCN(C(=O)OC(C)(C)C)c1ccc(-c2c(OC)ccc3[nH]c(=O)c4sccc4c23)cc1. The number of rotatable bonds is 5. The van der Waals surface area contributed by atoms with Crippen molar-refractivity contribution in [2.45, 2.75) is 39.7 Å². The van der Waals surface area contributed by atoms with Crippen molar-refractivity contribution in [2.75, 3.05) is 18.6 Å². The number of nitrogens with one attached hydrogen (secondary N) is 1. The van der Waals surface area contributed by atoms with Crippen LogP contribution in [0.3, 0.4) is 0 Å². The van der Waals surface area contributed by atoms with Crippen LogP contribution in [-0.2, 0) is 4.74 Å². The van der Waals surface area contributed by atoms with Crippen LogP contribution in [0.4, 0.5) is 10.5 Å². The standard InChI is InChI=1S/C26H28N2O4S/c1-6-14-28(25(30)32-26(2,3)4)17-9-7-16(8-10-17)21-20(31-5)12-11-19-22(21)18-13-15-33-23(18)24(29)27-19/h7-13,15H,6,14H2,1-5H3,(H,27,29). The quantitative estimate of drug-likeness (QED) is 0.363. The van der Waals surface area contributed by atoms with Crippen LogP contribution in [0.1, 0.15) is 34.1 Å². The Morgan fingerprint density at radius 1 is 1.09 bits per heavy atom. The van der Waals surface area contributed by atoms with Crippen molar-refractivity contribution < 1.29 is 14.3 Å². The number of pyridine rings is 1. The van der Waals surface area contributed by atoms with Crippen LogP contribution in [-0.4, -0.2) is 30.3 Å². The van der Waals surface area contributed by atoms with Crippen molar-refractivity contribution in [1.29, 1.82) is 0 Å². The Balaban J connectivity index is 1.83. The van der Waals surface area contributed by atoms with E-state index in [0.717, 1.165) is 39.5 Å². The van der Waals surface area contributed by atoms with Crippen molar-refractivity contribution in [1.82, 2.24) is 4.98 Å². The number of benzene rings is 2. The molecule has 0 atom stereocenters. The Morgan fingerprint density at radius 2 is 1.82 bits per heavy atom. The van der Waals surface area contributed by atoms with E-state index in [4.69, 9.17) is 9.47 Å². The molecule has 0 aliphatic rings. The molecule has 0 fully saturated rings. The van der Waals surface area contributed by atoms with Crippen LogP contribution in [0.2, 0.25) is 0 Å². The van der Waals surface area contributed by atoms with Gasteiger partial charge in [0.15, 0.2) is 0 Å². The molecule has 0 saturated carbocycles. The molecule has 7 heteroatoms. The number of carbonyl (C=O) groups is 1. The zero-order valence-electron chi connectivity index (χ0n) is 19.5. The predicted molar refractivity (Wildman–Crippen MR) is 136 cm³/mol. The zero-order chi connectivity index (χ0) is 23.8. The van der Waals surface area contributed by atoms with Crippen LogP contribution in [0.15, 0.2) is 52.6 Å². The first kappa shape index (κ1) is 22.9. The smallest absolute Gasteiger partial charge is 0.414 e. The Hall–Kier alpha value is -3.32. The van der Waals surface area contributed by atoms with Crippen LogP contribution in [0, 0.1) is 0 Å². The Labute approximate surface area is 196 Å². The van der Waals surface area contributed by atoms with E-state index in [1.54, 1.807) is 12.0 Å². The molecule has 2 heterocycles. The lowest BCUT2D eigenvalue weighted by molar-refractivity contribution is 0.0580. The zero-order valence-corrected chi connectivity index (χ0v) is 20.3. The van der Waals surface area contributed by atoms with E-state index < -0.39 is 5.60 Å². The fourth-order valence-corrected chi connectivity index (χ4v) is 4.76. The van der Waals surface area contributed by atoms with Crippen LogP contribution >= 0.6 is 11.3 Å². The summed E-state index contributed by atoms with van der Waals surface area (Å²) in [5, 5.41) is 3.77. The third kappa shape index (κ3) is 4.46. The van der Waals surface area contributed by atoms with Gasteiger partial charge in [-0.3, -0.25) is 9.69 Å². The molecule has 0 unspecified atom stereocenters. The summed E-state index contributed by atoms with van der Waals surface area (Å²) in [4.78, 5) is 29.9. The minimum Gasteiger partial charge on any atom is -0.496 e. The van der Waals surface area contributed by atoms with Gasteiger partial charge in [-0.25, -0.2) is 4.79 Å². The Kier molecular flexibility index (Phi) is 6.17.